The molecule has 1 aromatic heterocycles. The number of aromatic nitrogens is 1. The van der Waals surface area contributed by atoms with Gasteiger partial charge in [-0.1, -0.05) is 23.7 Å². The molecule has 25 heavy (non-hydrogen) atoms. The van der Waals surface area contributed by atoms with E-state index in [1.807, 2.05) is 6.92 Å². The zero-order valence-corrected chi connectivity index (χ0v) is 15.0. The van der Waals surface area contributed by atoms with Gasteiger partial charge in [-0.15, -0.1) is 0 Å². The Morgan fingerprint density at radius 2 is 2.16 bits per heavy atom. The largest absolute Gasteiger partial charge is 0.369 e. The molecule has 1 aromatic carbocycles. The molecule has 0 bridgehead atoms. The summed E-state index contributed by atoms with van der Waals surface area (Å²) in [6.07, 6.45) is 3.73. The Bertz CT molecular complexity index is 879. The molecule has 2 aromatic rings. The first-order chi connectivity index (χ1) is 12.0. The standard InChI is InChI=1S/C19H19ClFN3O/c1-3-24(2)18(25)12-6-4-5-11(16(12)21)13-9-22-17-14(15(13)20)19(7-8-19)10-23-17/h4-6,9H,3,7-8,10H2,1-2H3,(H,22,23). The summed E-state index contributed by atoms with van der Waals surface area (Å²) in [5.41, 5.74) is 1.97. The molecule has 1 aliphatic heterocycles. The number of amides is 1. The Hall–Kier alpha value is -2.14. The summed E-state index contributed by atoms with van der Waals surface area (Å²) in [6.45, 7) is 3.20. The van der Waals surface area contributed by atoms with Gasteiger partial charge in [-0.25, -0.2) is 9.37 Å². The Morgan fingerprint density at radius 1 is 1.40 bits per heavy atom. The summed E-state index contributed by atoms with van der Waals surface area (Å²) in [4.78, 5) is 18.3. The number of hydrogen-bond donors (Lipinski definition) is 1. The number of carbonyl (C=O) groups excluding carboxylic acids is 1. The highest BCUT2D eigenvalue weighted by molar-refractivity contribution is 6.34. The normalized spacial score (nSPS) is 16.5. The van der Waals surface area contributed by atoms with Crippen LogP contribution in [0.15, 0.2) is 24.4 Å². The molecule has 6 heteroatoms. The third-order valence-electron chi connectivity index (χ3n) is 5.33. The molecule has 0 atom stereocenters. The number of pyridine rings is 1. The quantitative estimate of drug-likeness (QED) is 0.897. The molecule has 4 rings (SSSR count). The first kappa shape index (κ1) is 16.3. The van der Waals surface area contributed by atoms with E-state index >= 15 is 4.39 Å². The van der Waals surface area contributed by atoms with Crippen molar-refractivity contribution in [1.29, 1.82) is 0 Å². The van der Waals surface area contributed by atoms with Gasteiger partial charge in [0.25, 0.3) is 5.91 Å². The van der Waals surface area contributed by atoms with E-state index in [1.54, 1.807) is 25.4 Å². The summed E-state index contributed by atoms with van der Waals surface area (Å²) in [7, 11) is 1.65. The lowest BCUT2D eigenvalue weighted by Gasteiger charge is -2.17. The van der Waals surface area contributed by atoms with Gasteiger partial charge >= 0.3 is 0 Å². The third-order valence-corrected chi connectivity index (χ3v) is 5.73. The first-order valence-electron chi connectivity index (χ1n) is 8.45. The summed E-state index contributed by atoms with van der Waals surface area (Å²) < 4.78 is 15.1. The molecule has 2 heterocycles. The van der Waals surface area contributed by atoms with Gasteiger partial charge in [0, 0.05) is 48.4 Å². The average Bonchev–Trinajstić information content (AvgIpc) is 3.29. The fourth-order valence-electron chi connectivity index (χ4n) is 3.47. The number of rotatable bonds is 3. The van der Waals surface area contributed by atoms with E-state index < -0.39 is 5.82 Å². The van der Waals surface area contributed by atoms with Gasteiger partial charge < -0.3 is 10.2 Å². The number of fused-ring (bicyclic) bond motifs is 2. The molecular weight excluding hydrogens is 341 g/mol. The van der Waals surface area contributed by atoms with E-state index in [-0.39, 0.29) is 16.9 Å². The molecule has 0 saturated heterocycles. The van der Waals surface area contributed by atoms with Crippen molar-refractivity contribution in [3.05, 3.63) is 46.4 Å². The van der Waals surface area contributed by atoms with Crippen molar-refractivity contribution in [1.82, 2.24) is 9.88 Å². The predicted octanol–water partition coefficient (Wildman–Crippen LogP) is 4.09. The van der Waals surface area contributed by atoms with Crippen LogP contribution < -0.4 is 5.32 Å². The summed E-state index contributed by atoms with van der Waals surface area (Å²) in [5, 5.41) is 3.83. The van der Waals surface area contributed by atoms with Gasteiger partial charge in [-0.2, -0.15) is 0 Å². The number of anilines is 1. The number of benzene rings is 1. The van der Waals surface area contributed by atoms with Gasteiger partial charge in [0.15, 0.2) is 0 Å². The van der Waals surface area contributed by atoms with E-state index in [0.29, 0.717) is 22.7 Å². The molecule has 1 fully saturated rings. The molecule has 1 N–H and O–H groups in total. The van der Waals surface area contributed by atoms with Crippen molar-refractivity contribution in [2.75, 3.05) is 25.5 Å². The van der Waals surface area contributed by atoms with Crippen molar-refractivity contribution in [3.63, 3.8) is 0 Å². The van der Waals surface area contributed by atoms with Gasteiger partial charge in [-0.05, 0) is 25.8 Å². The monoisotopic (exact) mass is 359 g/mol. The molecule has 1 spiro atoms. The van der Waals surface area contributed by atoms with Crippen molar-refractivity contribution in [2.24, 2.45) is 0 Å². The van der Waals surface area contributed by atoms with Crippen LogP contribution in [0.25, 0.3) is 11.1 Å². The third kappa shape index (κ3) is 2.41. The van der Waals surface area contributed by atoms with Crippen LogP contribution in [0.4, 0.5) is 10.2 Å². The Labute approximate surface area is 151 Å². The molecular formula is C19H19ClFN3O. The van der Waals surface area contributed by atoms with Gasteiger partial charge in [-0.3, -0.25) is 4.79 Å². The zero-order valence-electron chi connectivity index (χ0n) is 14.2. The van der Waals surface area contributed by atoms with Crippen molar-refractivity contribution in [2.45, 2.75) is 25.2 Å². The average molecular weight is 360 g/mol. The Balaban J connectivity index is 1.83. The van der Waals surface area contributed by atoms with Crippen molar-refractivity contribution < 1.29 is 9.18 Å². The van der Waals surface area contributed by atoms with Crippen LogP contribution in [-0.2, 0) is 5.41 Å². The minimum absolute atomic E-state index is 0.0534. The number of nitrogens with one attached hydrogen (secondary N) is 1. The van der Waals surface area contributed by atoms with Gasteiger partial charge in [0.05, 0.1) is 10.6 Å². The number of nitrogens with zero attached hydrogens (tertiary/aromatic N) is 2. The highest BCUT2D eigenvalue weighted by Crippen LogP contribution is 2.57. The summed E-state index contributed by atoms with van der Waals surface area (Å²) in [5.74, 6) is -0.0933. The van der Waals surface area contributed by atoms with Crippen LogP contribution in [0, 0.1) is 5.82 Å². The van der Waals surface area contributed by atoms with Crippen LogP contribution in [-0.4, -0.2) is 35.9 Å². The summed E-state index contributed by atoms with van der Waals surface area (Å²) in [6, 6.07) is 4.84. The molecule has 2 aliphatic rings. The highest BCUT2D eigenvalue weighted by Gasteiger charge is 2.51. The number of hydrogen-bond acceptors (Lipinski definition) is 3. The number of halogens is 2. The maximum absolute atomic E-state index is 15.1. The van der Waals surface area contributed by atoms with E-state index in [9.17, 15) is 4.79 Å². The van der Waals surface area contributed by atoms with E-state index in [2.05, 4.69) is 10.3 Å². The van der Waals surface area contributed by atoms with E-state index in [4.69, 9.17) is 11.6 Å². The molecule has 1 saturated carbocycles. The molecule has 4 nitrogen and oxygen atoms in total. The molecule has 0 unspecified atom stereocenters. The molecule has 1 amide bonds. The van der Waals surface area contributed by atoms with Crippen LogP contribution >= 0.6 is 11.6 Å². The lowest BCUT2D eigenvalue weighted by atomic mass is 9.95. The summed E-state index contributed by atoms with van der Waals surface area (Å²) >= 11 is 6.66. The first-order valence-corrected chi connectivity index (χ1v) is 8.83. The van der Waals surface area contributed by atoms with Crippen LogP contribution in [0.2, 0.25) is 5.02 Å². The second-order valence-corrected chi connectivity index (χ2v) is 7.21. The maximum Gasteiger partial charge on any atom is 0.256 e. The van der Waals surface area contributed by atoms with E-state index in [0.717, 1.165) is 30.8 Å². The number of carbonyl (C=O) groups is 1. The SMILES string of the molecule is CCN(C)C(=O)c1cccc(-c2cnc3c(c2Cl)C2(CC2)CN3)c1F. The van der Waals surface area contributed by atoms with Crippen LogP contribution in [0.1, 0.15) is 35.7 Å². The minimum atomic E-state index is -0.549. The predicted molar refractivity (Wildman–Crippen MR) is 96.7 cm³/mol. The van der Waals surface area contributed by atoms with E-state index in [1.165, 1.54) is 11.0 Å². The Morgan fingerprint density at radius 3 is 2.84 bits per heavy atom. The fraction of sp³-hybridized carbons (Fsp3) is 0.368. The zero-order chi connectivity index (χ0) is 17.8. The van der Waals surface area contributed by atoms with Gasteiger partial charge in [0.2, 0.25) is 0 Å². The lowest BCUT2D eigenvalue weighted by molar-refractivity contribution is 0.0798. The second kappa shape index (κ2) is 5.70. The second-order valence-electron chi connectivity index (χ2n) is 6.83. The lowest BCUT2D eigenvalue weighted by Crippen LogP contribution is -2.27. The smallest absolute Gasteiger partial charge is 0.256 e. The molecule has 1 aliphatic carbocycles. The highest BCUT2D eigenvalue weighted by atomic mass is 35.5. The van der Waals surface area contributed by atoms with Crippen LogP contribution in [0.3, 0.4) is 0 Å². The Kier molecular flexibility index (Phi) is 3.72. The minimum Gasteiger partial charge on any atom is -0.369 e. The molecule has 130 valence electrons. The van der Waals surface area contributed by atoms with Crippen LogP contribution in [0.5, 0.6) is 0 Å². The van der Waals surface area contributed by atoms with Crippen molar-refractivity contribution >= 4 is 23.3 Å². The van der Waals surface area contributed by atoms with Gasteiger partial charge in [0.1, 0.15) is 11.6 Å². The fourth-order valence-corrected chi connectivity index (χ4v) is 3.91. The molecule has 0 radical (unpaired) electrons. The topological polar surface area (TPSA) is 45.2 Å². The van der Waals surface area contributed by atoms with Crippen molar-refractivity contribution in [3.8, 4) is 11.1 Å². The maximum atomic E-state index is 15.1.